The molecule has 120 valence electrons. The van der Waals surface area contributed by atoms with Crippen LogP contribution in [0.15, 0.2) is 6.20 Å². The minimum Gasteiger partial charge on any atom is -0.473 e. The average Bonchev–Trinajstić information content (AvgIpc) is 2.49. The number of aromatic nitrogens is 2. The van der Waals surface area contributed by atoms with E-state index in [0.717, 1.165) is 6.20 Å². The van der Waals surface area contributed by atoms with E-state index in [1.54, 1.807) is 7.11 Å². The summed E-state index contributed by atoms with van der Waals surface area (Å²) in [5, 5.41) is 2.88. The molecule has 21 heavy (non-hydrogen) atoms. The van der Waals surface area contributed by atoms with Gasteiger partial charge in [-0.05, 0) is 6.92 Å². The van der Waals surface area contributed by atoms with Crippen LogP contribution in [0.3, 0.4) is 0 Å². The summed E-state index contributed by atoms with van der Waals surface area (Å²) >= 11 is 0. The summed E-state index contributed by atoms with van der Waals surface area (Å²) in [6.45, 7) is 5.11. The standard InChI is InChI=1S/C13H22FN3O4/c1-3-15-13-16-10-11(14)12(17-13)21-9-8-20-7-6-19-5-4-18-2/h10H,3-9H2,1-2H3,(H,15,16,17). The van der Waals surface area contributed by atoms with Crippen molar-refractivity contribution >= 4 is 5.95 Å². The molecule has 0 aliphatic carbocycles. The first-order valence-electron chi connectivity index (χ1n) is 6.81. The molecule has 0 fully saturated rings. The third kappa shape index (κ3) is 7.74. The smallest absolute Gasteiger partial charge is 0.255 e. The fourth-order valence-corrected chi connectivity index (χ4v) is 1.36. The topological polar surface area (TPSA) is 74.7 Å². The molecule has 0 spiro atoms. The number of hydrogen-bond donors (Lipinski definition) is 1. The quantitative estimate of drug-likeness (QED) is 0.580. The Morgan fingerprint density at radius 1 is 1.10 bits per heavy atom. The van der Waals surface area contributed by atoms with Crippen molar-refractivity contribution in [3.63, 3.8) is 0 Å². The maximum Gasteiger partial charge on any atom is 0.255 e. The fourth-order valence-electron chi connectivity index (χ4n) is 1.36. The molecule has 1 N–H and O–H groups in total. The molecule has 1 rings (SSSR count). The van der Waals surface area contributed by atoms with Crippen LogP contribution in [-0.4, -0.2) is 63.3 Å². The van der Waals surface area contributed by atoms with E-state index >= 15 is 0 Å². The first-order valence-corrected chi connectivity index (χ1v) is 6.81. The van der Waals surface area contributed by atoms with Crippen molar-refractivity contribution in [1.82, 2.24) is 9.97 Å². The van der Waals surface area contributed by atoms with Gasteiger partial charge in [-0.2, -0.15) is 9.37 Å². The van der Waals surface area contributed by atoms with Crippen molar-refractivity contribution in [2.75, 3.05) is 58.6 Å². The minimum atomic E-state index is -0.598. The van der Waals surface area contributed by atoms with E-state index in [1.807, 2.05) is 6.92 Å². The van der Waals surface area contributed by atoms with Crippen molar-refractivity contribution in [1.29, 1.82) is 0 Å². The highest BCUT2D eigenvalue weighted by molar-refractivity contribution is 5.27. The van der Waals surface area contributed by atoms with Crippen molar-refractivity contribution in [3.8, 4) is 5.88 Å². The Morgan fingerprint density at radius 3 is 2.43 bits per heavy atom. The molecule has 0 saturated carbocycles. The zero-order valence-corrected chi connectivity index (χ0v) is 12.4. The number of nitrogens with zero attached hydrogens (tertiary/aromatic N) is 2. The summed E-state index contributed by atoms with van der Waals surface area (Å²) in [4.78, 5) is 7.70. The summed E-state index contributed by atoms with van der Waals surface area (Å²) in [5.74, 6) is -0.346. The molecule has 0 unspecified atom stereocenters. The maximum absolute atomic E-state index is 13.4. The second-order valence-corrected chi connectivity index (χ2v) is 3.94. The molecule has 1 aromatic heterocycles. The summed E-state index contributed by atoms with van der Waals surface area (Å²) < 4.78 is 34.0. The van der Waals surface area contributed by atoms with Gasteiger partial charge < -0.3 is 24.3 Å². The number of halogens is 1. The first kappa shape index (κ1) is 17.5. The summed E-state index contributed by atoms with van der Waals surface area (Å²) in [6.07, 6.45) is 1.07. The van der Waals surface area contributed by atoms with Crippen LogP contribution < -0.4 is 10.1 Å². The Hall–Kier alpha value is -1.51. The van der Waals surface area contributed by atoms with Gasteiger partial charge in [0.1, 0.15) is 6.61 Å². The van der Waals surface area contributed by atoms with Gasteiger partial charge >= 0.3 is 0 Å². The Bertz CT molecular complexity index is 396. The molecule has 7 nitrogen and oxygen atoms in total. The summed E-state index contributed by atoms with van der Waals surface area (Å²) in [6, 6.07) is 0. The predicted molar refractivity (Wildman–Crippen MR) is 75.2 cm³/mol. The van der Waals surface area contributed by atoms with Gasteiger partial charge in [-0.15, -0.1) is 0 Å². The molecule has 0 atom stereocenters. The van der Waals surface area contributed by atoms with E-state index in [1.165, 1.54) is 0 Å². The van der Waals surface area contributed by atoms with Crippen LogP contribution in [0.25, 0.3) is 0 Å². The average molecular weight is 303 g/mol. The van der Waals surface area contributed by atoms with E-state index in [4.69, 9.17) is 18.9 Å². The van der Waals surface area contributed by atoms with Crippen LogP contribution in [0.4, 0.5) is 10.3 Å². The number of hydrogen-bond acceptors (Lipinski definition) is 7. The van der Waals surface area contributed by atoms with Crippen LogP contribution in [0.1, 0.15) is 6.92 Å². The maximum atomic E-state index is 13.4. The molecule has 0 aromatic carbocycles. The third-order valence-electron chi connectivity index (χ3n) is 2.32. The van der Waals surface area contributed by atoms with Gasteiger partial charge in [0, 0.05) is 13.7 Å². The highest BCUT2D eigenvalue weighted by Crippen LogP contribution is 2.14. The van der Waals surface area contributed by atoms with Crippen LogP contribution in [0, 0.1) is 5.82 Å². The Morgan fingerprint density at radius 2 is 1.76 bits per heavy atom. The lowest BCUT2D eigenvalue weighted by molar-refractivity contribution is 0.0173. The van der Waals surface area contributed by atoms with Gasteiger partial charge in [-0.25, -0.2) is 4.98 Å². The van der Waals surface area contributed by atoms with E-state index < -0.39 is 5.82 Å². The van der Waals surface area contributed by atoms with Gasteiger partial charge in [-0.1, -0.05) is 0 Å². The molecular formula is C13H22FN3O4. The third-order valence-corrected chi connectivity index (χ3v) is 2.32. The van der Waals surface area contributed by atoms with Crippen molar-refractivity contribution in [2.24, 2.45) is 0 Å². The number of anilines is 1. The van der Waals surface area contributed by atoms with Crippen LogP contribution in [0.2, 0.25) is 0 Å². The van der Waals surface area contributed by atoms with E-state index in [2.05, 4.69) is 15.3 Å². The number of nitrogens with one attached hydrogen (secondary N) is 1. The lowest BCUT2D eigenvalue weighted by Gasteiger charge is -2.09. The summed E-state index contributed by atoms with van der Waals surface area (Å²) in [5.41, 5.74) is 0. The predicted octanol–water partition coefficient (Wildman–Crippen LogP) is 1.11. The van der Waals surface area contributed by atoms with E-state index in [0.29, 0.717) is 45.5 Å². The van der Waals surface area contributed by atoms with Crippen LogP contribution >= 0.6 is 0 Å². The highest BCUT2D eigenvalue weighted by atomic mass is 19.1. The fraction of sp³-hybridized carbons (Fsp3) is 0.692. The zero-order chi connectivity index (χ0) is 15.3. The van der Waals surface area contributed by atoms with Gasteiger partial charge in [0.05, 0.1) is 39.2 Å². The Kier molecular flexibility index (Phi) is 9.34. The van der Waals surface area contributed by atoms with Gasteiger partial charge in [-0.3, -0.25) is 0 Å². The number of methoxy groups -OCH3 is 1. The molecule has 0 aliphatic heterocycles. The molecule has 1 aromatic rings. The Balaban J connectivity index is 2.13. The van der Waals surface area contributed by atoms with Gasteiger partial charge in [0.25, 0.3) is 5.88 Å². The second-order valence-electron chi connectivity index (χ2n) is 3.94. The second kappa shape index (κ2) is 11.2. The van der Waals surface area contributed by atoms with Crippen molar-refractivity contribution in [2.45, 2.75) is 6.92 Å². The molecule has 1 heterocycles. The molecule has 0 aliphatic rings. The normalized spacial score (nSPS) is 10.6. The van der Waals surface area contributed by atoms with Crippen molar-refractivity contribution < 1.29 is 23.3 Å². The zero-order valence-electron chi connectivity index (χ0n) is 12.4. The highest BCUT2D eigenvalue weighted by Gasteiger charge is 2.07. The van der Waals surface area contributed by atoms with Crippen LogP contribution in [0.5, 0.6) is 5.88 Å². The monoisotopic (exact) mass is 303 g/mol. The molecule has 0 radical (unpaired) electrons. The van der Waals surface area contributed by atoms with Gasteiger partial charge in [0.15, 0.2) is 0 Å². The molecule has 8 heteroatoms. The molecule has 0 saturated heterocycles. The SMILES string of the molecule is CCNc1ncc(F)c(OCCOCCOCCOC)n1. The minimum absolute atomic E-state index is 0.0825. The van der Waals surface area contributed by atoms with Crippen LogP contribution in [-0.2, 0) is 14.2 Å². The van der Waals surface area contributed by atoms with E-state index in [-0.39, 0.29) is 12.5 Å². The first-order chi connectivity index (χ1) is 10.3. The summed E-state index contributed by atoms with van der Waals surface area (Å²) in [7, 11) is 1.62. The molecule has 0 amide bonds. The van der Waals surface area contributed by atoms with Crippen molar-refractivity contribution in [3.05, 3.63) is 12.0 Å². The molecular weight excluding hydrogens is 281 g/mol. The van der Waals surface area contributed by atoms with E-state index in [9.17, 15) is 4.39 Å². The largest absolute Gasteiger partial charge is 0.473 e. The van der Waals surface area contributed by atoms with Gasteiger partial charge in [0.2, 0.25) is 11.8 Å². The lowest BCUT2D eigenvalue weighted by atomic mass is 10.6. The lowest BCUT2D eigenvalue weighted by Crippen LogP contribution is -2.13. The number of rotatable bonds is 12. The Labute approximate surface area is 123 Å². The number of ether oxygens (including phenoxy) is 4. The molecule has 0 bridgehead atoms.